The molecule has 3 nitrogen and oxygen atoms in total. The molecule has 0 spiro atoms. The number of nitrogens with two attached hydrogens (primary N) is 1. The molecule has 0 radical (unpaired) electrons. The monoisotopic (exact) mass is 213 g/mol. The van der Waals surface area contributed by atoms with Crippen molar-refractivity contribution in [1.29, 1.82) is 0 Å². The zero-order valence-electron chi connectivity index (χ0n) is 9.71. The highest BCUT2D eigenvalue weighted by molar-refractivity contribution is 5.04. The van der Waals surface area contributed by atoms with Crippen molar-refractivity contribution in [1.82, 2.24) is 0 Å². The first kappa shape index (κ1) is 11.4. The van der Waals surface area contributed by atoms with Gasteiger partial charge in [0.2, 0.25) is 0 Å². The summed E-state index contributed by atoms with van der Waals surface area (Å²) in [6.07, 6.45) is 7.44. The Morgan fingerprint density at radius 1 is 1.40 bits per heavy atom. The summed E-state index contributed by atoms with van der Waals surface area (Å²) in [6.45, 7) is 3.85. The lowest BCUT2D eigenvalue weighted by atomic mass is 9.80. The first-order chi connectivity index (χ1) is 7.24. The van der Waals surface area contributed by atoms with Crippen LogP contribution in [0.1, 0.15) is 45.4 Å². The molecule has 2 bridgehead atoms. The van der Waals surface area contributed by atoms with Crippen LogP contribution in [0.15, 0.2) is 0 Å². The average Bonchev–Trinajstić information content (AvgIpc) is 2.77. The van der Waals surface area contributed by atoms with Crippen LogP contribution in [-0.4, -0.2) is 31.0 Å². The number of ether oxygens (including phenoxy) is 2. The number of unbranched alkanes of at least 4 members (excludes halogenated alkanes) is 1. The summed E-state index contributed by atoms with van der Waals surface area (Å²) in [6, 6.07) is 0. The van der Waals surface area contributed by atoms with E-state index in [9.17, 15) is 0 Å². The molecule has 0 amide bonds. The molecular formula is C12H23NO2. The van der Waals surface area contributed by atoms with Crippen LogP contribution < -0.4 is 5.73 Å². The molecule has 2 fully saturated rings. The van der Waals surface area contributed by atoms with E-state index in [1.807, 2.05) is 0 Å². The molecule has 15 heavy (non-hydrogen) atoms. The number of hydrogen-bond acceptors (Lipinski definition) is 3. The second kappa shape index (κ2) is 4.81. The zero-order chi connectivity index (χ0) is 10.7. The Morgan fingerprint density at radius 2 is 2.27 bits per heavy atom. The van der Waals surface area contributed by atoms with Gasteiger partial charge in [0.15, 0.2) is 0 Å². The second-order valence-corrected chi connectivity index (χ2v) is 4.98. The number of rotatable bonds is 6. The van der Waals surface area contributed by atoms with Gasteiger partial charge in [-0.1, -0.05) is 13.3 Å². The summed E-state index contributed by atoms with van der Waals surface area (Å²) < 4.78 is 11.4. The molecule has 0 saturated carbocycles. The molecule has 0 aliphatic carbocycles. The molecule has 0 aromatic carbocycles. The lowest BCUT2D eigenvalue weighted by molar-refractivity contribution is 0.0655. The normalized spacial score (nSPS) is 38.8. The fraction of sp³-hybridized carbons (Fsp3) is 1.00. The lowest BCUT2D eigenvalue weighted by Crippen LogP contribution is -2.49. The Morgan fingerprint density at radius 3 is 2.87 bits per heavy atom. The second-order valence-electron chi connectivity index (χ2n) is 4.98. The van der Waals surface area contributed by atoms with Crippen molar-refractivity contribution in [2.24, 2.45) is 5.73 Å². The molecule has 2 aliphatic heterocycles. The number of fused-ring (bicyclic) bond motifs is 2. The quantitative estimate of drug-likeness (QED) is 0.685. The molecule has 2 rings (SSSR count). The van der Waals surface area contributed by atoms with Crippen molar-refractivity contribution >= 4 is 0 Å². The smallest absolute Gasteiger partial charge is 0.0761 e. The van der Waals surface area contributed by atoms with E-state index in [4.69, 9.17) is 15.2 Å². The summed E-state index contributed by atoms with van der Waals surface area (Å²) >= 11 is 0. The fourth-order valence-corrected chi connectivity index (χ4v) is 2.71. The standard InChI is InChI=1S/C12H23NO2/c1-2-3-7-14-8-6-12(13)9-10-4-5-11(12)15-10/h10-11H,2-9,13H2,1H3. The minimum atomic E-state index is -0.0882. The number of hydrogen-bond donors (Lipinski definition) is 1. The van der Waals surface area contributed by atoms with E-state index in [1.165, 1.54) is 12.8 Å². The third kappa shape index (κ3) is 2.52. The van der Waals surface area contributed by atoms with E-state index in [2.05, 4.69) is 6.92 Å². The summed E-state index contributed by atoms with van der Waals surface area (Å²) in [7, 11) is 0. The fourth-order valence-electron chi connectivity index (χ4n) is 2.71. The van der Waals surface area contributed by atoms with E-state index in [0.717, 1.165) is 38.9 Å². The Balaban J connectivity index is 1.66. The molecule has 3 heteroatoms. The Labute approximate surface area is 92.3 Å². The third-order valence-electron chi connectivity index (χ3n) is 3.71. The predicted molar refractivity (Wildman–Crippen MR) is 59.8 cm³/mol. The Kier molecular flexibility index (Phi) is 3.65. The van der Waals surface area contributed by atoms with E-state index in [0.29, 0.717) is 12.2 Å². The summed E-state index contributed by atoms with van der Waals surface area (Å²) in [5, 5.41) is 0. The van der Waals surface area contributed by atoms with Crippen LogP contribution in [0, 0.1) is 0 Å². The van der Waals surface area contributed by atoms with Gasteiger partial charge in [0.05, 0.1) is 12.2 Å². The highest BCUT2D eigenvalue weighted by atomic mass is 16.5. The van der Waals surface area contributed by atoms with Gasteiger partial charge >= 0.3 is 0 Å². The molecule has 2 N–H and O–H groups in total. The Hall–Kier alpha value is -0.120. The lowest BCUT2D eigenvalue weighted by Gasteiger charge is -2.30. The van der Waals surface area contributed by atoms with Crippen molar-refractivity contribution in [2.45, 2.75) is 63.2 Å². The van der Waals surface area contributed by atoms with Crippen LogP contribution >= 0.6 is 0 Å². The molecule has 3 unspecified atom stereocenters. The van der Waals surface area contributed by atoms with E-state index < -0.39 is 0 Å². The van der Waals surface area contributed by atoms with Gasteiger partial charge in [-0.15, -0.1) is 0 Å². The topological polar surface area (TPSA) is 44.5 Å². The molecule has 0 aromatic heterocycles. The third-order valence-corrected chi connectivity index (χ3v) is 3.71. The summed E-state index contributed by atoms with van der Waals surface area (Å²) in [4.78, 5) is 0. The van der Waals surface area contributed by atoms with Crippen molar-refractivity contribution in [3.63, 3.8) is 0 Å². The van der Waals surface area contributed by atoms with Crippen LogP contribution in [-0.2, 0) is 9.47 Å². The maximum Gasteiger partial charge on any atom is 0.0761 e. The van der Waals surface area contributed by atoms with E-state index in [1.54, 1.807) is 0 Å². The van der Waals surface area contributed by atoms with Gasteiger partial charge in [-0.2, -0.15) is 0 Å². The van der Waals surface area contributed by atoms with Crippen molar-refractivity contribution in [3.8, 4) is 0 Å². The first-order valence-corrected chi connectivity index (χ1v) is 6.27. The van der Waals surface area contributed by atoms with Crippen LogP contribution in [0.2, 0.25) is 0 Å². The molecule has 0 aromatic rings. The van der Waals surface area contributed by atoms with E-state index in [-0.39, 0.29) is 5.54 Å². The van der Waals surface area contributed by atoms with Gasteiger partial charge in [0, 0.05) is 18.8 Å². The first-order valence-electron chi connectivity index (χ1n) is 6.27. The van der Waals surface area contributed by atoms with Gasteiger partial charge in [-0.3, -0.25) is 0 Å². The van der Waals surface area contributed by atoms with Crippen LogP contribution in [0.4, 0.5) is 0 Å². The summed E-state index contributed by atoms with van der Waals surface area (Å²) in [5.74, 6) is 0. The Bertz CT molecular complexity index is 210. The minimum Gasteiger partial charge on any atom is -0.381 e. The largest absolute Gasteiger partial charge is 0.381 e. The van der Waals surface area contributed by atoms with E-state index >= 15 is 0 Å². The van der Waals surface area contributed by atoms with Gasteiger partial charge in [0.25, 0.3) is 0 Å². The maximum absolute atomic E-state index is 6.35. The zero-order valence-corrected chi connectivity index (χ0v) is 9.71. The maximum atomic E-state index is 6.35. The average molecular weight is 213 g/mol. The molecule has 88 valence electrons. The van der Waals surface area contributed by atoms with Gasteiger partial charge in [0.1, 0.15) is 0 Å². The minimum absolute atomic E-state index is 0.0882. The van der Waals surface area contributed by atoms with Crippen LogP contribution in [0.25, 0.3) is 0 Å². The molecule has 3 atom stereocenters. The molecular weight excluding hydrogens is 190 g/mol. The summed E-state index contributed by atoms with van der Waals surface area (Å²) in [5.41, 5.74) is 6.27. The SMILES string of the molecule is CCCCOCCC1(N)CC2CCC1O2. The molecule has 2 aliphatic rings. The highest BCUT2D eigenvalue weighted by Gasteiger charge is 2.49. The molecule has 2 heterocycles. The predicted octanol–water partition coefficient (Wildman–Crippen LogP) is 1.84. The molecule has 2 saturated heterocycles. The highest BCUT2D eigenvalue weighted by Crippen LogP contribution is 2.41. The van der Waals surface area contributed by atoms with Crippen LogP contribution in [0.3, 0.4) is 0 Å². The van der Waals surface area contributed by atoms with Crippen molar-refractivity contribution in [3.05, 3.63) is 0 Å². The van der Waals surface area contributed by atoms with Crippen molar-refractivity contribution < 1.29 is 9.47 Å². The van der Waals surface area contributed by atoms with Gasteiger partial charge < -0.3 is 15.2 Å². The van der Waals surface area contributed by atoms with Gasteiger partial charge in [-0.05, 0) is 32.1 Å². The van der Waals surface area contributed by atoms with Gasteiger partial charge in [-0.25, -0.2) is 0 Å². The van der Waals surface area contributed by atoms with Crippen molar-refractivity contribution in [2.75, 3.05) is 13.2 Å². The van der Waals surface area contributed by atoms with Crippen LogP contribution in [0.5, 0.6) is 0 Å².